The Labute approximate surface area is 212 Å². The molecule has 184 valence electrons. The van der Waals surface area contributed by atoms with Gasteiger partial charge in [-0.3, -0.25) is 0 Å². The summed E-state index contributed by atoms with van der Waals surface area (Å²) in [5.41, 5.74) is 4.88. The molecular formula is C31H30O5. The lowest BCUT2D eigenvalue weighted by Crippen LogP contribution is -1.95. The van der Waals surface area contributed by atoms with Gasteiger partial charge in [0.2, 0.25) is 6.79 Å². The van der Waals surface area contributed by atoms with Crippen molar-refractivity contribution in [2.24, 2.45) is 0 Å². The molecule has 0 spiro atoms. The van der Waals surface area contributed by atoms with Gasteiger partial charge in [-0.2, -0.15) is 0 Å². The smallest absolute Gasteiger partial charge is 0.231 e. The quantitative estimate of drug-likeness (QED) is 0.249. The summed E-state index contributed by atoms with van der Waals surface area (Å²) in [4.78, 5) is 0. The van der Waals surface area contributed by atoms with Gasteiger partial charge < -0.3 is 23.7 Å². The SMILES string of the molecule is COc1cccc(CCc2cc(OC)cc(Oc3ccc(CCc4ccc5c(c4)OCO5)cc3)c2)c1. The molecule has 0 atom stereocenters. The first-order valence-electron chi connectivity index (χ1n) is 12.1. The van der Waals surface area contributed by atoms with Gasteiger partial charge in [0.1, 0.15) is 23.0 Å². The molecule has 4 aromatic carbocycles. The highest BCUT2D eigenvalue weighted by Gasteiger charge is 2.13. The number of hydrogen-bond acceptors (Lipinski definition) is 5. The van der Waals surface area contributed by atoms with Crippen molar-refractivity contribution in [2.75, 3.05) is 21.0 Å². The Kier molecular flexibility index (Phi) is 7.27. The minimum atomic E-state index is 0.303. The van der Waals surface area contributed by atoms with Gasteiger partial charge in [-0.15, -0.1) is 0 Å². The van der Waals surface area contributed by atoms with Gasteiger partial charge in [-0.1, -0.05) is 30.3 Å². The fraction of sp³-hybridized carbons (Fsp3) is 0.226. The average molecular weight is 483 g/mol. The van der Waals surface area contributed by atoms with Crippen LogP contribution in [0, 0.1) is 0 Å². The predicted octanol–water partition coefficient (Wildman–Crippen LogP) is 6.80. The monoisotopic (exact) mass is 482 g/mol. The lowest BCUT2D eigenvalue weighted by atomic mass is 10.0. The van der Waals surface area contributed by atoms with Crippen LogP contribution in [0.5, 0.6) is 34.5 Å². The summed E-state index contributed by atoms with van der Waals surface area (Å²) in [5, 5.41) is 0. The van der Waals surface area contributed by atoms with E-state index in [1.54, 1.807) is 14.2 Å². The largest absolute Gasteiger partial charge is 0.497 e. The molecule has 0 radical (unpaired) electrons. The van der Waals surface area contributed by atoms with Crippen LogP contribution in [0.1, 0.15) is 22.3 Å². The number of methoxy groups -OCH3 is 2. The minimum absolute atomic E-state index is 0.303. The molecule has 0 saturated heterocycles. The average Bonchev–Trinajstić information content (AvgIpc) is 3.39. The summed E-state index contributed by atoms with van der Waals surface area (Å²) in [6.45, 7) is 0.303. The van der Waals surface area contributed by atoms with Crippen LogP contribution < -0.4 is 23.7 Å². The van der Waals surface area contributed by atoms with Crippen LogP contribution in [0.2, 0.25) is 0 Å². The molecule has 1 aliphatic rings. The molecule has 0 saturated carbocycles. The molecule has 0 unspecified atom stereocenters. The van der Waals surface area contributed by atoms with Gasteiger partial charge in [0.05, 0.1) is 14.2 Å². The molecule has 36 heavy (non-hydrogen) atoms. The first-order valence-corrected chi connectivity index (χ1v) is 12.1. The highest BCUT2D eigenvalue weighted by Crippen LogP contribution is 2.33. The van der Waals surface area contributed by atoms with Crippen molar-refractivity contribution in [3.63, 3.8) is 0 Å². The first-order chi connectivity index (χ1) is 17.7. The third kappa shape index (κ3) is 5.92. The topological polar surface area (TPSA) is 46.2 Å². The Bertz CT molecular complexity index is 1310. The van der Waals surface area contributed by atoms with E-state index in [4.69, 9.17) is 23.7 Å². The van der Waals surface area contributed by atoms with Crippen LogP contribution in [0.15, 0.2) is 84.9 Å². The predicted molar refractivity (Wildman–Crippen MR) is 140 cm³/mol. The van der Waals surface area contributed by atoms with Crippen LogP contribution in [0.3, 0.4) is 0 Å². The number of ether oxygens (including phenoxy) is 5. The number of hydrogen-bond donors (Lipinski definition) is 0. The molecule has 5 heteroatoms. The van der Waals surface area contributed by atoms with Crippen molar-refractivity contribution in [1.82, 2.24) is 0 Å². The molecule has 0 fully saturated rings. The maximum atomic E-state index is 6.19. The van der Waals surface area contributed by atoms with Crippen molar-refractivity contribution >= 4 is 0 Å². The minimum Gasteiger partial charge on any atom is -0.497 e. The van der Waals surface area contributed by atoms with E-state index in [1.807, 2.05) is 36.4 Å². The highest BCUT2D eigenvalue weighted by atomic mass is 16.7. The highest BCUT2D eigenvalue weighted by molar-refractivity contribution is 5.45. The molecule has 0 amide bonds. The van der Waals surface area contributed by atoms with Crippen LogP contribution in [-0.4, -0.2) is 21.0 Å². The van der Waals surface area contributed by atoms with Crippen LogP contribution in [-0.2, 0) is 25.7 Å². The van der Waals surface area contributed by atoms with Gasteiger partial charge in [-0.05, 0) is 96.5 Å². The first kappa shape index (κ1) is 23.6. The molecule has 1 aliphatic heterocycles. The number of benzene rings is 4. The molecular weight excluding hydrogens is 452 g/mol. The van der Waals surface area contributed by atoms with Gasteiger partial charge in [0.25, 0.3) is 0 Å². The normalized spacial score (nSPS) is 11.8. The van der Waals surface area contributed by atoms with Crippen LogP contribution in [0.4, 0.5) is 0 Å². The van der Waals surface area contributed by atoms with Crippen LogP contribution in [0.25, 0.3) is 0 Å². The summed E-state index contributed by atoms with van der Waals surface area (Å²) in [6.07, 6.45) is 3.65. The third-order valence-electron chi connectivity index (χ3n) is 6.31. The van der Waals surface area contributed by atoms with E-state index in [-0.39, 0.29) is 0 Å². The second kappa shape index (κ2) is 11.1. The molecule has 0 bridgehead atoms. The lowest BCUT2D eigenvalue weighted by Gasteiger charge is -2.12. The van der Waals surface area contributed by atoms with Crippen molar-refractivity contribution in [1.29, 1.82) is 0 Å². The summed E-state index contributed by atoms with van der Waals surface area (Å²) >= 11 is 0. The summed E-state index contributed by atoms with van der Waals surface area (Å²) < 4.78 is 27.9. The van der Waals surface area contributed by atoms with Gasteiger partial charge >= 0.3 is 0 Å². The zero-order chi connectivity index (χ0) is 24.7. The van der Waals surface area contributed by atoms with E-state index < -0.39 is 0 Å². The van der Waals surface area contributed by atoms with Crippen molar-refractivity contribution in [3.05, 3.63) is 107 Å². The Morgan fingerprint density at radius 3 is 1.97 bits per heavy atom. The number of rotatable bonds is 10. The third-order valence-corrected chi connectivity index (χ3v) is 6.31. The zero-order valence-corrected chi connectivity index (χ0v) is 20.7. The van der Waals surface area contributed by atoms with E-state index >= 15 is 0 Å². The molecule has 5 nitrogen and oxygen atoms in total. The van der Waals surface area contributed by atoms with E-state index in [9.17, 15) is 0 Å². The van der Waals surface area contributed by atoms with Gasteiger partial charge in [0, 0.05) is 6.07 Å². The summed E-state index contributed by atoms with van der Waals surface area (Å²) in [7, 11) is 3.37. The maximum absolute atomic E-state index is 6.19. The second-order valence-corrected chi connectivity index (χ2v) is 8.80. The van der Waals surface area contributed by atoms with Crippen molar-refractivity contribution in [3.8, 4) is 34.5 Å². The molecule has 0 aliphatic carbocycles. The van der Waals surface area contributed by atoms with E-state index in [0.717, 1.165) is 65.7 Å². The fourth-order valence-electron chi connectivity index (χ4n) is 4.31. The Balaban J connectivity index is 1.20. The molecule has 0 aromatic heterocycles. The molecule has 0 N–H and O–H groups in total. The van der Waals surface area contributed by atoms with Crippen molar-refractivity contribution < 1.29 is 23.7 Å². The Hall–Kier alpha value is -4.12. The second-order valence-electron chi connectivity index (χ2n) is 8.80. The zero-order valence-electron chi connectivity index (χ0n) is 20.7. The van der Waals surface area contributed by atoms with Crippen LogP contribution >= 0.6 is 0 Å². The van der Waals surface area contributed by atoms with Gasteiger partial charge in [0.15, 0.2) is 11.5 Å². The summed E-state index contributed by atoms with van der Waals surface area (Å²) in [6, 6.07) is 28.6. The van der Waals surface area contributed by atoms with E-state index in [2.05, 4.69) is 48.5 Å². The number of aryl methyl sites for hydroxylation is 4. The molecule has 4 aromatic rings. The summed E-state index contributed by atoms with van der Waals surface area (Å²) in [5.74, 6) is 4.88. The maximum Gasteiger partial charge on any atom is 0.231 e. The van der Waals surface area contributed by atoms with E-state index in [1.165, 1.54) is 16.7 Å². The standard InChI is InChI=1S/C31H30O5/c1-32-27-5-3-4-23(16-27)8-9-25-17-28(33-2)20-29(18-25)36-26-13-10-22(11-14-26)6-7-24-12-15-30-31(19-24)35-21-34-30/h3-5,10-20H,6-9,21H2,1-2H3. The fourth-order valence-corrected chi connectivity index (χ4v) is 4.31. The lowest BCUT2D eigenvalue weighted by molar-refractivity contribution is 0.174. The Morgan fingerprint density at radius 1 is 0.528 bits per heavy atom. The number of fused-ring (bicyclic) bond motifs is 1. The van der Waals surface area contributed by atoms with Gasteiger partial charge in [-0.25, -0.2) is 0 Å². The van der Waals surface area contributed by atoms with E-state index in [0.29, 0.717) is 6.79 Å². The van der Waals surface area contributed by atoms with Crippen molar-refractivity contribution in [2.45, 2.75) is 25.7 Å². The Morgan fingerprint density at radius 2 is 1.17 bits per heavy atom. The molecule has 5 rings (SSSR count). The molecule has 1 heterocycles.